The Hall–Kier alpha value is -1.63. The molecule has 0 fully saturated rings. The van der Waals surface area contributed by atoms with Gasteiger partial charge in [0.15, 0.2) is 0 Å². The summed E-state index contributed by atoms with van der Waals surface area (Å²) in [6.07, 6.45) is 9.97. The van der Waals surface area contributed by atoms with Gasteiger partial charge in [-0.05, 0) is 25.5 Å². The van der Waals surface area contributed by atoms with E-state index in [1.54, 1.807) is 0 Å². The first-order chi connectivity index (χ1) is 7.21. The molecule has 1 aromatic carbocycles. The molecule has 0 aromatic heterocycles. The molecule has 0 spiro atoms. The molecule has 0 saturated carbocycles. The van der Waals surface area contributed by atoms with Crippen LogP contribution in [0.5, 0.6) is 0 Å². The highest BCUT2D eigenvalue weighted by atomic mass is 14.7. The molecule has 1 nitrogen and oxygen atoms in total. The van der Waals surface area contributed by atoms with Crippen LogP contribution in [0.15, 0.2) is 53.7 Å². The number of aliphatic imine (C=N–C) groups is 1. The predicted octanol–water partition coefficient (Wildman–Crippen LogP) is 3.41. The Morgan fingerprint density at radius 2 is 1.80 bits per heavy atom. The van der Waals surface area contributed by atoms with E-state index in [0.29, 0.717) is 0 Å². The lowest BCUT2D eigenvalue weighted by molar-refractivity contribution is 0.829. The number of hydrogen-bond acceptors (Lipinski definition) is 1. The van der Waals surface area contributed by atoms with E-state index >= 15 is 0 Å². The molecule has 0 saturated heterocycles. The largest absolute Gasteiger partial charge is 0.268 e. The van der Waals surface area contributed by atoms with Crippen LogP contribution < -0.4 is 0 Å². The minimum Gasteiger partial charge on any atom is -0.268 e. The van der Waals surface area contributed by atoms with Crippen molar-refractivity contribution in [2.24, 2.45) is 4.99 Å². The maximum Gasteiger partial charge on any atom is 0.0460 e. The Kier molecular flexibility index (Phi) is 2.55. The number of allylic oxidation sites excluding steroid dienone is 3. The lowest BCUT2D eigenvalue weighted by atomic mass is 9.83. The molecule has 1 heteroatoms. The summed E-state index contributed by atoms with van der Waals surface area (Å²) in [6.45, 7) is 4.27. The Balaban J connectivity index is 2.41. The normalized spacial score (nSPS) is 24.1. The third-order valence-electron chi connectivity index (χ3n) is 2.74. The summed E-state index contributed by atoms with van der Waals surface area (Å²) in [6, 6.07) is 8.61. The molecule has 2 rings (SSSR count). The van der Waals surface area contributed by atoms with E-state index in [4.69, 9.17) is 0 Å². The summed E-state index contributed by atoms with van der Waals surface area (Å²) >= 11 is 0. The van der Waals surface area contributed by atoms with Crippen molar-refractivity contribution in [3.05, 3.63) is 59.8 Å². The quantitative estimate of drug-likeness (QED) is 0.654. The van der Waals surface area contributed by atoms with Crippen molar-refractivity contribution < 1.29 is 0 Å². The van der Waals surface area contributed by atoms with Gasteiger partial charge in [-0.1, -0.05) is 42.0 Å². The number of hydrogen-bond donors (Lipinski definition) is 0. The molecule has 1 aliphatic rings. The molecule has 1 aliphatic heterocycles. The Labute approximate surface area is 90.9 Å². The number of benzene rings is 1. The van der Waals surface area contributed by atoms with Crippen LogP contribution in [-0.2, 0) is 5.41 Å². The zero-order valence-corrected chi connectivity index (χ0v) is 9.14. The summed E-state index contributed by atoms with van der Waals surface area (Å²) in [7, 11) is 0. The summed E-state index contributed by atoms with van der Waals surface area (Å²) in [5.74, 6) is 0. The first kappa shape index (κ1) is 9.91. The number of aryl methyl sites for hydroxylation is 1. The first-order valence-electron chi connectivity index (χ1n) is 5.17. The average molecular weight is 197 g/mol. The highest BCUT2D eigenvalue weighted by Crippen LogP contribution is 2.25. The molecule has 0 bridgehead atoms. The summed E-state index contributed by atoms with van der Waals surface area (Å²) in [5, 5.41) is 0. The molecular formula is C14H15N. The maximum atomic E-state index is 4.25. The fraction of sp³-hybridized carbons (Fsp3) is 0.214. The van der Waals surface area contributed by atoms with Gasteiger partial charge in [0.1, 0.15) is 0 Å². The molecule has 0 aliphatic carbocycles. The molecule has 0 N–H and O–H groups in total. The van der Waals surface area contributed by atoms with E-state index in [2.05, 4.69) is 49.2 Å². The second-order valence-electron chi connectivity index (χ2n) is 4.13. The average Bonchev–Trinajstić information content (AvgIpc) is 2.45. The first-order valence-corrected chi connectivity index (χ1v) is 5.17. The molecule has 0 amide bonds. The molecule has 15 heavy (non-hydrogen) atoms. The van der Waals surface area contributed by atoms with E-state index in [1.165, 1.54) is 11.1 Å². The predicted molar refractivity (Wildman–Crippen MR) is 65.3 cm³/mol. The smallest absolute Gasteiger partial charge is 0.0460 e. The second-order valence-corrected chi connectivity index (χ2v) is 4.13. The van der Waals surface area contributed by atoms with Crippen LogP contribution in [0.25, 0.3) is 0 Å². The lowest BCUT2D eigenvalue weighted by Crippen LogP contribution is -2.20. The van der Waals surface area contributed by atoms with Crippen LogP contribution in [-0.4, -0.2) is 6.21 Å². The maximum absolute atomic E-state index is 4.25. The van der Waals surface area contributed by atoms with Gasteiger partial charge in [-0.25, -0.2) is 0 Å². The topological polar surface area (TPSA) is 12.4 Å². The minimum absolute atomic E-state index is 0.0861. The Morgan fingerprint density at radius 3 is 2.53 bits per heavy atom. The van der Waals surface area contributed by atoms with Gasteiger partial charge in [0.05, 0.1) is 0 Å². The molecule has 1 atom stereocenters. The molecule has 1 heterocycles. The second kappa shape index (κ2) is 3.85. The van der Waals surface area contributed by atoms with Crippen molar-refractivity contribution in [3.8, 4) is 0 Å². The van der Waals surface area contributed by atoms with Crippen LogP contribution in [0.3, 0.4) is 0 Å². The van der Waals surface area contributed by atoms with Gasteiger partial charge < -0.3 is 0 Å². The van der Waals surface area contributed by atoms with E-state index < -0.39 is 0 Å². The minimum atomic E-state index is -0.0861. The zero-order chi connectivity index (χ0) is 10.7. The van der Waals surface area contributed by atoms with Crippen molar-refractivity contribution in [1.29, 1.82) is 0 Å². The third-order valence-corrected chi connectivity index (χ3v) is 2.74. The molecule has 76 valence electrons. The van der Waals surface area contributed by atoms with Crippen LogP contribution in [0.4, 0.5) is 0 Å². The number of nitrogens with zero attached hydrogens (tertiary/aromatic N) is 1. The monoisotopic (exact) mass is 197 g/mol. The van der Waals surface area contributed by atoms with Gasteiger partial charge in [0.25, 0.3) is 0 Å². The van der Waals surface area contributed by atoms with Gasteiger partial charge in [-0.15, -0.1) is 0 Å². The van der Waals surface area contributed by atoms with Crippen molar-refractivity contribution in [2.75, 3.05) is 0 Å². The van der Waals surface area contributed by atoms with Crippen molar-refractivity contribution in [1.82, 2.24) is 0 Å². The summed E-state index contributed by atoms with van der Waals surface area (Å²) in [4.78, 5) is 4.25. The van der Waals surface area contributed by atoms with E-state index in [0.717, 1.165) is 0 Å². The van der Waals surface area contributed by atoms with Gasteiger partial charge >= 0.3 is 0 Å². The van der Waals surface area contributed by atoms with Crippen LogP contribution >= 0.6 is 0 Å². The fourth-order valence-corrected chi connectivity index (χ4v) is 1.68. The fourth-order valence-electron chi connectivity index (χ4n) is 1.68. The van der Waals surface area contributed by atoms with Crippen molar-refractivity contribution in [2.45, 2.75) is 19.3 Å². The van der Waals surface area contributed by atoms with Crippen LogP contribution in [0, 0.1) is 6.92 Å². The SMILES string of the molecule is Cc1ccc(C2(C)C=CC=CN=C2)cc1. The van der Waals surface area contributed by atoms with E-state index in [9.17, 15) is 0 Å². The summed E-state index contributed by atoms with van der Waals surface area (Å²) < 4.78 is 0. The van der Waals surface area contributed by atoms with Crippen molar-refractivity contribution >= 4 is 6.21 Å². The number of rotatable bonds is 1. The standard InChI is InChI=1S/C14H15N/c1-12-5-7-13(8-6-12)14(2)9-3-4-10-15-11-14/h3-11H,1-2H3. The van der Waals surface area contributed by atoms with E-state index in [1.807, 2.05) is 24.6 Å². The molecular weight excluding hydrogens is 182 g/mol. The highest BCUT2D eigenvalue weighted by Gasteiger charge is 2.20. The van der Waals surface area contributed by atoms with Crippen LogP contribution in [0.1, 0.15) is 18.1 Å². The zero-order valence-electron chi connectivity index (χ0n) is 9.14. The van der Waals surface area contributed by atoms with Crippen molar-refractivity contribution in [3.63, 3.8) is 0 Å². The van der Waals surface area contributed by atoms with Gasteiger partial charge in [-0.2, -0.15) is 0 Å². The highest BCUT2D eigenvalue weighted by molar-refractivity contribution is 5.77. The van der Waals surface area contributed by atoms with Gasteiger partial charge in [-0.3, -0.25) is 4.99 Å². The molecule has 1 aromatic rings. The molecule has 0 radical (unpaired) electrons. The third kappa shape index (κ3) is 2.07. The molecule has 1 unspecified atom stereocenters. The Morgan fingerprint density at radius 1 is 1.07 bits per heavy atom. The van der Waals surface area contributed by atoms with E-state index in [-0.39, 0.29) is 5.41 Å². The van der Waals surface area contributed by atoms with Gasteiger partial charge in [0, 0.05) is 17.8 Å². The van der Waals surface area contributed by atoms with Gasteiger partial charge in [0.2, 0.25) is 0 Å². The Bertz CT molecular complexity index is 405. The van der Waals surface area contributed by atoms with Crippen LogP contribution in [0.2, 0.25) is 0 Å². The summed E-state index contributed by atoms with van der Waals surface area (Å²) in [5.41, 5.74) is 2.48. The lowest BCUT2D eigenvalue weighted by Gasteiger charge is -2.21.